The normalized spacial score (nSPS) is 25.4. The summed E-state index contributed by atoms with van der Waals surface area (Å²) in [5, 5.41) is 10.6. The van der Waals surface area contributed by atoms with Crippen molar-refractivity contribution in [2.45, 2.75) is 51.1 Å². The average molecular weight is 387 g/mol. The fourth-order valence-electron chi connectivity index (χ4n) is 4.11. The maximum atomic E-state index is 12.7. The zero-order valence-corrected chi connectivity index (χ0v) is 16.4. The van der Waals surface area contributed by atoms with E-state index in [0.29, 0.717) is 11.6 Å². The molecule has 2 aromatic rings. The Labute approximate surface area is 163 Å². The summed E-state index contributed by atoms with van der Waals surface area (Å²) in [6.45, 7) is 1.99. The molecule has 0 bridgehead atoms. The first-order valence-corrected chi connectivity index (χ1v) is 10.9. The van der Waals surface area contributed by atoms with Crippen LogP contribution in [0.25, 0.3) is 5.52 Å². The van der Waals surface area contributed by atoms with Gasteiger partial charge in [-0.15, -0.1) is 0 Å². The molecule has 7 heteroatoms. The molecule has 0 aromatic carbocycles. The predicted octanol–water partition coefficient (Wildman–Crippen LogP) is 2.55. The van der Waals surface area contributed by atoms with Crippen molar-refractivity contribution in [2.24, 2.45) is 5.92 Å². The SMILES string of the molecule is Cc1cccn2ncc(C(=O)NC3CCC(C(=O)NC4CCSC4)CC3)c12. The highest BCUT2D eigenvalue weighted by molar-refractivity contribution is 7.99. The number of aryl methyl sites for hydroxylation is 1. The van der Waals surface area contributed by atoms with Crippen molar-refractivity contribution < 1.29 is 9.59 Å². The minimum absolute atomic E-state index is 0.0739. The van der Waals surface area contributed by atoms with Crippen LogP contribution in [-0.2, 0) is 4.79 Å². The highest BCUT2D eigenvalue weighted by Crippen LogP contribution is 2.26. The summed E-state index contributed by atoms with van der Waals surface area (Å²) in [4.78, 5) is 25.2. The first-order valence-electron chi connectivity index (χ1n) is 9.74. The van der Waals surface area contributed by atoms with Crippen LogP contribution in [0.4, 0.5) is 0 Å². The van der Waals surface area contributed by atoms with Crippen molar-refractivity contribution in [3.8, 4) is 0 Å². The number of rotatable bonds is 4. The summed E-state index contributed by atoms with van der Waals surface area (Å²) in [6, 6.07) is 4.38. The number of carbonyl (C=O) groups excluding carboxylic acids is 2. The van der Waals surface area contributed by atoms with Crippen molar-refractivity contribution >= 4 is 29.1 Å². The van der Waals surface area contributed by atoms with E-state index in [-0.39, 0.29) is 23.8 Å². The van der Waals surface area contributed by atoms with Gasteiger partial charge in [0.1, 0.15) is 0 Å². The molecule has 4 rings (SSSR count). The van der Waals surface area contributed by atoms with E-state index >= 15 is 0 Å². The largest absolute Gasteiger partial charge is 0.352 e. The molecular formula is C20H26N4O2S. The zero-order valence-electron chi connectivity index (χ0n) is 15.6. The van der Waals surface area contributed by atoms with Crippen LogP contribution in [0.1, 0.15) is 48.0 Å². The fourth-order valence-corrected chi connectivity index (χ4v) is 5.27. The Hall–Kier alpha value is -2.02. The average Bonchev–Trinajstić information content (AvgIpc) is 3.32. The summed E-state index contributed by atoms with van der Waals surface area (Å²) >= 11 is 1.91. The van der Waals surface area contributed by atoms with Crippen molar-refractivity contribution in [2.75, 3.05) is 11.5 Å². The van der Waals surface area contributed by atoms with E-state index in [0.717, 1.165) is 54.7 Å². The van der Waals surface area contributed by atoms with Crippen LogP contribution in [0.3, 0.4) is 0 Å². The smallest absolute Gasteiger partial charge is 0.255 e. The molecule has 2 amide bonds. The lowest BCUT2D eigenvalue weighted by Crippen LogP contribution is -2.43. The third-order valence-corrected chi connectivity index (χ3v) is 6.86. The molecule has 1 saturated carbocycles. The monoisotopic (exact) mass is 386 g/mol. The van der Waals surface area contributed by atoms with Crippen LogP contribution >= 0.6 is 11.8 Å². The summed E-state index contributed by atoms with van der Waals surface area (Å²) in [6.07, 6.45) is 7.95. The van der Waals surface area contributed by atoms with E-state index < -0.39 is 0 Å². The molecule has 1 aliphatic heterocycles. The molecule has 1 atom stereocenters. The lowest BCUT2D eigenvalue weighted by molar-refractivity contribution is -0.126. The molecule has 27 heavy (non-hydrogen) atoms. The Morgan fingerprint density at radius 1 is 1.15 bits per heavy atom. The number of pyridine rings is 1. The molecule has 0 radical (unpaired) electrons. The lowest BCUT2D eigenvalue weighted by Gasteiger charge is -2.29. The van der Waals surface area contributed by atoms with Crippen molar-refractivity contribution in [1.82, 2.24) is 20.2 Å². The standard InChI is InChI=1S/C20H26N4O2S/c1-13-3-2-9-24-18(13)17(11-21-24)20(26)22-15-6-4-14(5-7-15)19(25)23-16-8-10-27-12-16/h2-3,9,11,14-16H,4-8,10,12H2,1H3,(H,22,26)(H,23,25). The summed E-state index contributed by atoms with van der Waals surface area (Å²) in [7, 11) is 0. The number of fused-ring (bicyclic) bond motifs is 1. The van der Waals surface area contributed by atoms with Gasteiger partial charge in [-0.1, -0.05) is 6.07 Å². The van der Waals surface area contributed by atoms with Gasteiger partial charge in [0, 0.05) is 30.0 Å². The first kappa shape index (κ1) is 18.3. The molecule has 144 valence electrons. The summed E-state index contributed by atoms with van der Waals surface area (Å²) in [5.41, 5.74) is 2.51. The van der Waals surface area contributed by atoms with Crippen molar-refractivity contribution in [1.29, 1.82) is 0 Å². The Morgan fingerprint density at radius 3 is 2.70 bits per heavy atom. The number of nitrogens with one attached hydrogen (secondary N) is 2. The number of hydrogen-bond acceptors (Lipinski definition) is 4. The quantitative estimate of drug-likeness (QED) is 0.847. The summed E-state index contributed by atoms with van der Waals surface area (Å²) in [5.74, 6) is 2.40. The fraction of sp³-hybridized carbons (Fsp3) is 0.550. The molecule has 1 aliphatic carbocycles. The van der Waals surface area contributed by atoms with Crippen molar-refractivity contribution in [3.63, 3.8) is 0 Å². The van der Waals surface area contributed by atoms with Crippen LogP contribution in [-0.4, -0.2) is 45.0 Å². The number of nitrogens with zero attached hydrogens (tertiary/aromatic N) is 2. The highest BCUT2D eigenvalue weighted by atomic mass is 32.2. The van der Waals surface area contributed by atoms with Gasteiger partial charge in [0.15, 0.2) is 0 Å². The molecule has 2 N–H and O–H groups in total. The van der Waals surface area contributed by atoms with Crippen LogP contribution in [0, 0.1) is 12.8 Å². The second kappa shape index (κ2) is 7.92. The van der Waals surface area contributed by atoms with Gasteiger partial charge in [-0.2, -0.15) is 16.9 Å². The predicted molar refractivity (Wildman–Crippen MR) is 107 cm³/mol. The maximum absolute atomic E-state index is 12.7. The minimum Gasteiger partial charge on any atom is -0.352 e. The van der Waals surface area contributed by atoms with E-state index in [2.05, 4.69) is 15.7 Å². The second-order valence-electron chi connectivity index (χ2n) is 7.63. The molecule has 2 aromatic heterocycles. The molecule has 1 saturated heterocycles. The highest BCUT2D eigenvalue weighted by Gasteiger charge is 2.29. The van der Waals surface area contributed by atoms with E-state index in [4.69, 9.17) is 0 Å². The zero-order chi connectivity index (χ0) is 18.8. The Bertz CT molecular complexity index is 836. The molecular weight excluding hydrogens is 360 g/mol. The molecule has 3 heterocycles. The summed E-state index contributed by atoms with van der Waals surface area (Å²) < 4.78 is 1.74. The Morgan fingerprint density at radius 2 is 1.96 bits per heavy atom. The van der Waals surface area contributed by atoms with Crippen LogP contribution in [0.5, 0.6) is 0 Å². The number of amides is 2. The number of aromatic nitrogens is 2. The van der Waals surface area contributed by atoms with Crippen LogP contribution in [0.15, 0.2) is 24.5 Å². The van der Waals surface area contributed by atoms with Gasteiger partial charge in [-0.25, -0.2) is 4.52 Å². The maximum Gasteiger partial charge on any atom is 0.255 e. The third-order valence-electron chi connectivity index (χ3n) is 5.70. The molecule has 2 fully saturated rings. The Balaban J connectivity index is 1.32. The number of carbonyl (C=O) groups is 2. The topological polar surface area (TPSA) is 75.5 Å². The van der Waals surface area contributed by atoms with Gasteiger partial charge in [0.2, 0.25) is 5.91 Å². The third kappa shape index (κ3) is 3.98. The molecule has 6 nitrogen and oxygen atoms in total. The van der Waals surface area contributed by atoms with Gasteiger partial charge in [0.25, 0.3) is 5.91 Å². The second-order valence-corrected chi connectivity index (χ2v) is 8.78. The van der Waals surface area contributed by atoms with Gasteiger partial charge >= 0.3 is 0 Å². The van der Waals surface area contributed by atoms with E-state index in [9.17, 15) is 9.59 Å². The van der Waals surface area contributed by atoms with Gasteiger partial charge in [0.05, 0.1) is 17.3 Å². The first-order chi connectivity index (χ1) is 13.1. The van der Waals surface area contributed by atoms with Gasteiger partial charge in [-0.3, -0.25) is 9.59 Å². The molecule has 2 aliphatic rings. The van der Waals surface area contributed by atoms with Crippen LogP contribution in [0.2, 0.25) is 0 Å². The lowest BCUT2D eigenvalue weighted by atomic mass is 9.85. The Kier molecular flexibility index (Phi) is 5.38. The van der Waals surface area contributed by atoms with E-state index in [1.165, 1.54) is 0 Å². The number of hydrogen-bond donors (Lipinski definition) is 2. The van der Waals surface area contributed by atoms with E-state index in [1.54, 1.807) is 10.7 Å². The van der Waals surface area contributed by atoms with Crippen molar-refractivity contribution in [3.05, 3.63) is 35.7 Å². The van der Waals surface area contributed by atoms with Gasteiger partial charge < -0.3 is 10.6 Å². The van der Waals surface area contributed by atoms with Gasteiger partial charge in [-0.05, 0) is 56.4 Å². The number of thioether (sulfide) groups is 1. The molecule has 1 unspecified atom stereocenters. The minimum atomic E-state index is -0.0739. The van der Waals surface area contributed by atoms with E-state index in [1.807, 2.05) is 37.0 Å². The van der Waals surface area contributed by atoms with Crippen LogP contribution < -0.4 is 10.6 Å². The molecule has 0 spiro atoms.